The molecule has 0 atom stereocenters. The van der Waals surface area contributed by atoms with E-state index in [4.69, 9.17) is 0 Å². The van der Waals surface area contributed by atoms with Crippen molar-refractivity contribution in [2.45, 2.75) is 13.3 Å². The maximum Gasteiger partial charge on any atom is 0.282 e. The van der Waals surface area contributed by atoms with Crippen LogP contribution in [0.25, 0.3) is 0 Å². The van der Waals surface area contributed by atoms with Gasteiger partial charge in [0.15, 0.2) is 0 Å². The van der Waals surface area contributed by atoms with Gasteiger partial charge in [0.2, 0.25) is 0 Å². The summed E-state index contributed by atoms with van der Waals surface area (Å²) in [6.07, 6.45) is 0.927. The maximum atomic E-state index is 11.9. The van der Waals surface area contributed by atoms with E-state index in [0.29, 0.717) is 5.69 Å². The molecule has 1 aromatic rings. The molecule has 0 aliphatic rings. The van der Waals surface area contributed by atoms with Gasteiger partial charge in [0.1, 0.15) is 5.56 Å². The molecule has 0 unspecified atom stereocenters. The van der Waals surface area contributed by atoms with E-state index in [1.807, 2.05) is 6.92 Å². The summed E-state index contributed by atoms with van der Waals surface area (Å²) in [4.78, 5) is 22.3. The molecule has 0 aliphatic carbocycles. The lowest BCUT2D eigenvalue weighted by molar-refractivity contribution is -0.385. The fraction of sp³-hybridized carbons (Fsp3) is 0.417. The first kappa shape index (κ1) is 14.9. The molecule has 1 amide bonds. The molecule has 0 saturated heterocycles. The van der Waals surface area contributed by atoms with Gasteiger partial charge in [0, 0.05) is 32.4 Å². The zero-order valence-corrected chi connectivity index (χ0v) is 11.3. The molecule has 0 aromatic heterocycles. The second kappa shape index (κ2) is 6.69. The SMILES string of the molecule is CCCNc1ccc([N+](=O)[O-])c(C(=O)NN(C)C)c1. The Morgan fingerprint density at radius 2 is 2.11 bits per heavy atom. The van der Waals surface area contributed by atoms with Crippen molar-refractivity contribution in [1.29, 1.82) is 0 Å². The highest BCUT2D eigenvalue weighted by molar-refractivity contribution is 5.98. The molecular formula is C12H18N4O3. The maximum absolute atomic E-state index is 11.9. The van der Waals surface area contributed by atoms with Crippen LogP contribution in [0.1, 0.15) is 23.7 Å². The molecule has 1 aromatic carbocycles. The molecule has 0 radical (unpaired) electrons. The highest BCUT2D eigenvalue weighted by Gasteiger charge is 2.20. The monoisotopic (exact) mass is 266 g/mol. The molecule has 104 valence electrons. The molecule has 7 heteroatoms. The molecule has 0 aliphatic heterocycles. The first-order valence-electron chi connectivity index (χ1n) is 5.96. The van der Waals surface area contributed by atoms with Gasteiger partial charge in [-0.1, -0.05) is 6.92 Å². The number of rotatable bonds is 6. The third-order valence-electron chi connectivity index (χ3n) is 2.34. The van der Waals surface area contributed by atoms with Crippen molar-refractivity contribution in [3.63, 3.8) is 0 Å². The Morgan fingerprint density at radius 1 is 1.42 bits per heavy atom. The quantitative estimate of drug-likeness (QED) is 0.603. The Bertz CT molecular complexity index is 474. The molecule has 0 fully saturated rings. The highest BCUT2D eigenvalue weighted by Crippen LogP contribution is 2.22. The van der Waals surface area contributed by atoms with Crippen LogP contribution in [0, 0.1) is 10.1 Å². The van der Waals surface area contributed by atoms with Gasteiger partial charge in [-0.25, -0.2) is 5.01 Å². The number of nitrogens with zero attached hydrogens (tertiary/aromatic N) is 2. The van der Waals surface area contributed by atoms with Gasteiger partial charge < -0.3 is 5.32 Å². The third-order valence-corrected chi connectivity index (χ3v) is 2.34. The van der Waals surface area contributed by atoms with Crippen molar-refractivity contribution in [3.05, 3.63) is 33.9 Å². The Kier molecular flexibility index (Phi) is 5.25. The summed E-state index contributed by atoms with van der Waals surface area (Å²) >= 11 is 0. The van der Waals surface area contributed by atoms with Crippen molar-refractivity contribution in [3.8, 4) is 0 Å². The molecular weight excluding hydrogens is 248 g/mol. The van der Waals surface area contributed by atoms with Gasteiger partial charge in [-0.3, -0.25) is 20.3 Å². The van der Waals surface area contributed by atoms with Gasteiger partial charge in [-0.2, -0.15) is 0 Å². The fourth-order valence-electron chi connectivity index (χ4n) is 1.52. The number of hydrazine groups is 1. The van der Waals surface area contributed by atoms with Gasteiger partial charge >= 0.3 is 0 Å². The van der Waals surface area contributed by atoms with Crippen LogP contribution >= 0.6 is 0 Å². The summed E-state index contributed by atoms with van der Waals surface area (Å²) < 4.78 is 0. The van der Waals surface area contributed by atoms with Crippen LogP contribution in [0.5, 0.6) is 0 Å². The lowest BCUT2D eigenvalue weighted by atomic mass is 10.1. The van der Waals surface area contributed by atoms with Gasteiger partial charge in [0.05, 0.1) is 4.92 Å². The molecule has 1 rings (SSSR count). The number of nitro groups is 1. The Balaban J connectivity index is 3.08. The van der Waals surface area contributed by atoms with Gasteiger partial charge in [-0.05, 0) is 18.6 Å². The van der Waals surface area contributed by atoms with Crippen molar-refractivity contribution >= 4 is 17.3 Å². The summed E-state index contributed by atoms with van der Waals surface area (Å²) in [6.45, 7) is 2.75. The number of nitro benzene ring substituents is 1. The van der Waals surface area contributed by atoms with Crippen LogP contribution in [0.4, 0.5) is 11.4 Å². The Hall–Kier alpha value is -2.15. The van der Waals surface area contributed by atoms with E-state index < -0.39 is 10.8 Å². The predicted molar refractivity (Wildman–Crippen MR) is 73.0 cm³/mol. The fourth-order valence-corrected chi connectivity index (χ4v) is 1.52. The van der Waals surface area contributed by atoms with Gasteiger partial charge in [-0.15, -0.1) is 0 Å². The predicted octanol–water partition coefficient (Wildman–Crippen LogP) is 1.62. The van der Waals surface area contributed by atoms with Crippen LogP contribution < -0.4 is 10.7 Å². The number of carbonyl (C=O) groups excluding carboxylic acids is 1. The van der Waals surface area contributed by atoms with Crippen molar-refractivity contribution < 1.29 is 9.72 Å². The zero-order valence-electron chi connectivity index (χ0n) is 11.3. The number of anilines is 1. The Morgan fingerprint density at radius 3 is 2.63 bits per heavy atom. The summed E-state index contributed by atoms with van der Waals surface area (Å²) in [6, 6.07) is 4.43. The number of nitrogens with one attached hydrogen (secondary N) is 2. The molecule has 0 bridgehead atoms. The van der Waals surface area contributed by atoms with Gasteiger partial charge in [0.25, 0.3) is 11.6 Å². The Labute approximate surface area is 111 Å². The molecule has 0 heterocycles. The number of hydrogen-bond acceptors (Lipinski definition) is 5. The van der Waals surface area contributed by atoms with Crippen LogP contribution in [-0.2, 0) is 0 Å². The third kappa shape index (κ3) is 4.22. The summed E-state index contributed by atoms with van der Waals surface area (Å²) in [5.41, 5.74) is 3.03. The number of benzene rings is 1. The van der Waals surface area contributed by atoms with E-state index in [0.717, 1.165) is 13.0 Å². The normalized spacial score (nSPS) is 10.3. The van der Waals surface area contributed by atoms with E-state index in [1.165, 1.54) is 17.1 Å². The van der Waals surface area contributed by atoms with Crippen molar-refractivity contribution in [2.75, 3.05) is 26.0 Å². The minimum atomic E-state index is -0.561. The number of carbonyl (C=O) groups is 1. The summed E-state index contributed by atoms with van der Waals surface area (Å²) in [7, 11) is 3.28. The molecule has 2 N–H and O–H groups in total. The number of amides is 1. The zero-order chi connectivity index (χ0) is 14.4. The van der Waals surface area contributed by atoms with Crippen LogP contribution in [0.3, 0.4) is 0 Å². The van der Waals surface area contributed by atoms with Crippen LogP contribution in [0.15, 0.2) is 18.2 Å². The first-order chi connectivity index (χ1) is 8.95. The average Bonchev–Trinajstić information content (AvgIpc) is 2.35. The standard InChI is InChI=1S/C12H18N4O3/c1-4-7-13-9-5-6-11(16(18)19)10(8-9)12(17)14-15(2)3/h5-6,8,13H,4,7H2,1-3H3,(H,14,17). The minimum Gasteiger partial charge on any atom is -0.385 e. The van der Waals surface area contributed by atoms with E-state index in [2.05, 4.69) is 10.7 Å². The second-order valence-electron chi connectivity index (χ2n) is 4.25. The molecule has 19 heavy (non-hydrogen) atoms. The topological polar surface area (TPSA) is 87.5 Å². The van der Waals surface area contributed by atoms with Crippen LogP contribution in [-0.4, -0.2) is 36.5 Å². The van der Waals surface area contributed by atoms with E-state index in [1.54, 1.807) is 20.2 Å². The summed E-state index contributed by atoms with van der Waals surface area (Å²) in [5.74, 6) is -0.503. The van der Waals surface area contributed by atoms with E-state index in [9.17, 15) is 14.9 Å². The van der Waals surface area contributed by atoms with Crippen molar-refractivity contribution in [1.82, 2.24) is 10.4 Å². The molecule has 7 nitrogen and oxygen atoms in total. The van der Waals surface area contributed by atoms with E-state index in [-0.39, 0.29) is 11.3 Å². The lowest BCUT2D eigenvalue weighted by Crippen LogP contribution is -2.36. The number of hydrogen-bond donors (Lipinski definition) is 2. The lowest BCUT2D eigenvalue weighted by Gasteiger charge is -2.13. The second-order valence-corrected chi connectivity index (χ2v) is 4.25. The summed E-state index contributed by atoms with van der Waals surface area (Å²) in [5, 5.41) is 15.5. The smallest absolute Gasteiger partial charge is 0.282 e. The van der Waals surface area contributed by atoms with E-state index >= 15 is 0 Å². The largest absolute Gasteiger partial charge is 0.385 e. The average molecular weight is 266 g/mol. The molecule has 0 spiro atoms. The molecule has 0 saturated carbocycles. The minimum absolute atomic E-state index is 0.0415. The highest BCUT2D eigenvalue weighted by atomic mass is 16.6. The first-order valence-corrected chi connectivity index (χ1v) is 5.96. The van der Waals surface area contributed by atoms with Crippen molar-refractivity contribution in [2.24, 2.45) is 0 Å². The van der Waals surface area contributed by atoms with Crippen LogP contribution in [0.2, 0.25) is 0 Å².